The fraction of sp³-hybridized carbons (Fsp3) is 0.227. The number of hydrogen-bond acceptors (Lipinski definition) is 6. The van der Waals surface area contributed by atoms with E-state index in [9.17, 15) is 9.59 Å². The van der Waals surface area contributed by atoms with Crippen molar-refractivity contribution in [1.82, 2.24) is 10.3 Å². The van der Waals surface area contributed by atoms with Crippen LogP contribution in [0.25, 0.3) is 10.9 Å². The summed E-state index contributed by atoms with van der Waals surface area (Å²) in [6, 6.07) is 14.0. The highest BCUT2D eigenvalue weighted by Gasteiger charge is 2.14. The average molecular weight is 429 g/mol. The number of halogens is 1. The zero-order valence-corrected chi connectivity index (χ0v) is 17.4. The molecule has 0 fully saturated rings. The maximum absolute atomic E-state index is 12.3. The molecule has 3 aromatic rings. The SMILES string of the molecule is CCOc1ccccc1C(=O)NCC(=O)OCc1cc2ccc(OC)cc2nc1Cl. The number of amides is 1. The molecule has 7 nitrogen and oxygen atoms in total. The van der Waals surface area contributed by atoms with Crippen molar-refractivity contribution in [3.8, 4) is 11.5 Å². The molecule has 0 aliphatic heterocycles. The first-order valence-corrected chi connectivity index (χ1v) is 9.68. The van der Waals surface area contributed by atoms with Crippen LogP contribution in [-0.4, -0.2) is 37.1 Å². The van der Waals surface area contributed by atoms with Gasteiger partial charge in [0, 0.05) is 17.0 Å². The topological polar surface area (TPSA) is 86.8 Å². The summed E-state index contributed by atoms with van der Waals surface area (Å²) in [6.07, 6.45) is 0. The van der Waals surface area contributed by atoms with E-state index in [1.165, 1.54) is 0 Å². The molecular formula is C22H21ClN2O5. The summed E-state index contributed by atoms with van der Waals surface area (Å²) in [7, 11) is 1.57. The smallest absolute Gasteiger partial charge is 0.325 e. The van der Waals surface area contributed by atoms with E-state index >= 15 is 0 Å². The number of rotatable bonds is 8. The van der Waals surface area contributed by atoms with Gasteiger partial charge in [-0.25, -0.2) is 4.98 Å². The number of methoxy groups -OCH3 is 1. The number of nitrogens with one attached hydrogen (secondary N) is 1. The molecule has 1 N–H and O–H groups in total. The van der Waals surface area contributed by atoms with Gasteiger partial charge in [-0.2, -0.15) is 0 Å². The molecule has 0 unspecified atom stereocenters. The van der Waals surface area contributed by atoms with Gasteiger partial charge in [0.15, 0.2) is 0 Å². The van der Waals surface area contributed by atoms with Gasteiger partial charge >= 0.3 is 5.97 Å². The Hall–Kier alpha value is -3.32. The van der Waals surface area contributed by atoms with E-state index in [2.05, 4.69) is 10.3 Å². The summed E-state index contributed by atoms with van der Waals surface area (Å²) in [6.45, 7) is 1.92. The Morgan fingerprint density at radius 3 is 2.70 bits per heavy atom. The third-order valence-electron chi connectivity index (χ3n) is 4.26. The molecule has 1 aromatic heterocycles. The van der Waals surface area contributed by atoms with E-state index < -0.39 is 11.9 Å². The molecule has 1 heterocycles. The van der Waals surface area contributed by atoms with Crippen LogP contribution in [0.3, 0.4) is 0 Å². The number of fused-ring (bicyclic) bond motifs is 1. The lowest BCUT2D eigenvalue weighted by Gasteiger charge is -2.11. The Kier molecular flexibility index (Phi) is 7.08. The first kappa shape index (κ1) is 21.4. The first-order valence-electron chi connectivity index (χ1n) is 9.30. The molecule has 0 radical (unpaired) electrons. The lowest BCUT2D eigenvalue weighted by Crippen LogP contribution is -2.30. The van der Waals surface area contributed by atoms with Crippen LogP contribution in [0.2, 0.25) is 5.15 Å². The van der Waals surface area contributed by atoms with Gasteiger partial charge in [0.25, 0.3) is 5.91 Å². The monoisotopic (exact) mass is 428 g/mol. The normalized spacial score (nSPS) is 10.5. The Morgan fingerprint density at radius 2 is 1.93 bits per heavy atom. The lowest BCUT2D eigenvalue weighted by atomic mass is 10.1. The van der Waals surface area contributed by atoms with Gasteiger partial charge < -0.3 is 19.5 Å². The number of aromatic nitrogens is 1. The number of carbonyl (C=O) groups is 2. The van der Waals surface area contributed by atoms with Crippen LogP contribution < -0.4 is 14.8 Å². The van der Waals surface area contributed by atoms with Gasteiger partial charge in [-0.05, 0) is 37.3 Å². The number of ether oxygens (including phenoxy) is 3. The number of para-hydroxylation sites is 1. The molecule has 2 aromatic carbocycles. The third kappa shape index (κ3) is 5.18. The number of hydrogen-bond donors (Lipinski definition) is 1. The van der Waals surface area contributed by atoms with Crippen molar-refractivity contribution in [2.24, 2.45) is 0 Å². The summed E-state index contributed by atoms with van der Waals surface area (Å²) in [5.74, 6) is 0.113. The van der Waals surface area contributed by atoms with Crippen LogP contribution >= 0.6 is 11.6 Å². The second-order valence-electron chi connectivity index (χ2n) is 6.27. The molecule has 0 spiro atoms. The zero-order valence-electron chi connectivity index (χ0n) is 16.6. The Labute approximate surface area is 178 Å². The highest BCUT2D eigenvalue weighted by molar-refractivity contribution is 6.30. The number of nitrogens with zero attached hydrogens (tertiary/aromatic N) is 1. The molecule has 0 atom stereocenters. The molecule has 3 rings (SSSR count). The van der Waals surface area contributed by atoms with Gasteiger partial charge in [0.1, 0.15) is 29.8 Å². The molecular weight excluding hydrogens is 408 g/mol. The molecule has 0 aliphatic carbocycles. The highest BCUT2D eigenvalue weighted by Crippen LogP contribution is 2.24. The van der Waals surface area contributed by atoms with Crippen molar-refractivity contribution < 1.29 is 23.8 Å². The van der Waals surface area contributed by atoms with Gasteiger partial charge in [0.2, 0.25) is 0 Å². The Balaban J connectivity index is 1.58. The number of pyridine rings is 1. The molecule has 156 valence electrons. The predicted molar refractivity (Wildman–Crippen MR) is 113 cm³/mol. The predicted octanol–water partition coefficient (Wildman–Crippen LogP) is 3.77. The largest absolute Gasteiger partial charge is 0.497 e. The summed E-state index contributed by atoms with van der Waals surface area (Å²) in [5.41, 5.74) is 1.59. The van der Waals surface area contributed by atoms with E-state index in [1.54, 1.807) is 43.5 Å². The highest BCUT2D eigenvalue weighted by atomic mass is 35.5. The number of benzene rings is 2. The standard InChI is InChI=1S/C22H21ClN2O5/c1-3-29-19-7-5-4-6-17(19)22(27)24-12-20(26)30-13-15-10-14-8-9-16(28-2)11-18(14)25-21(15)23/h4-11H,3,12-13H2,1-2H3,(H,24,27). The van der Waals surface area contributed by atoms with E-state index in [0.29, 0.717) is 34.7 Å². The van der Waals surface area contributed by atoms with E-state index in [1.807, 2.05) is 19.1 Å². The van der Waals surface area contributed by atoms with E-state index in [-0.39, 0.29) is 18.3 Å². The zero-order chi connectivity index (χ0) is 21.5. The summed E-state index contributed by atoms with van der Waals surface area (Å²) in [5, 5.41) is 3.61. The molecule has 0 bridgehead atoms. The maximum Gasteiger partial charge on any atom is 0.325 e. The van der Waals surface area contributed by atoms with Crippen molar-refractivity contribution in [3.63, 3.8) is 0 Å². The van der Waals surface area contributed by atoms with Crippen LogP contribution in [0.1, 0.15) is 22.8 Å². The van der Waals surface area contributed by atoms with E-state index in [4.69, 9.17) is 25.8 Å². The fourth-order valence-electron chi connectivity index (χ4n) is 2.79. The fourth-order valence-corrected chi connectivity index (χ4v) is 2.99. The average Bonchev–Trinajstić information content (AvgIpc) is 2.76. The molecule has 1 amide bonds. The molecule has 30 heavy (non-hydrogen) atoms. The van der Waals surface area contributed by atoms with Gasteiger partial charge in [-0.1, -0.05) is 23.7 Å². The minimum Gasteiger partial charge on any atom is -0.497 e. The molecule has 0 saturated carbocycles. The van der Waals surface area contributed by atoms with Gasteiger partial charge in [0.05, 0.1) is 24.8 Å². The van der Waals surface area contributed by atoms with E-state index in [0.717, 1.165) is 5.39 Å². The second-order valence-corrected chi connectivity index (χ2v) is 6.63. The Morgan fingerprint density at radius 1 is 1.13 bits per heavy atom. The molecule has 0 aliphatic rings. The number of carbonyl (C=O) groups excluding carboxylic acids is 2. The van der Waals surface area contributed by atoms with Crippen LogP contribution in [0.15, 0.2) is 48.5 Å². The molecule has 8 heteroatoms. The molecule has 0 saturated heterocycles. The summed E-state index contributed by atoms with van der Waals surface area (Å²) < 4.78 is 15.8. The number of esters is 1. The van der Waals surface area contributed by atoms with Gasteiger partial charge in [-0.3, -0.25) is 9.59 Å². The Bertz CT molecular complexity index is 1070. The summed E-state index contributed by atoms with van der Waals surface area (Å²) in [4.78, 5) is 28.7. The van der Waals surface area contributed by atoms with Crippen LogP contribution in [0.5, 0.6) is 11.5 Å². The van der Waals surface area contributed by atoms with Crippen molar-refractivity contribution in [2.75, 3.05) is 20.3 Å². The quantitative estimate of drug-likeness (QED) is 0.434. The van der Waals surface area contributed by atoms with Crippen molar-refractivity contribution in [1.29, 1.82) is 0 Å². The van der Waals surface area contributed by atoms with Crippen LogP contribution in [-0.2, 0) is 16.1 Å². The van der Waals surface area contributed by atoms with Crippen molar-refractivity contribution >= 4 is 34.4 Å². The van der Waals surface area contributed by atoms with Crippen molar-refractivity contribution in [3.05, 3.63) is 64.8 Å². The third-order valence-corrected chi connectivity index (χ3v) is 4.59. The minimum atomic E-state index is -0.594. The van der Waals surface area contributed by atoms with Crippen LogP contribution in [0.4, 0.5) is 0 Å². The second kappa shape index (κ2) is 9.93. The maximum atomic E-state index is 12.3. The first-order chi connectivity index (χ1) is 14.5. The van der Waals surface area contributed by atoms with Crippen molar-refractivity contribution in [2.45, 2.75) is 13.5 Å². The lowest BCUT2D eigenvalue weighted by molar-refractivity contribution is -0.143. The minimum absolute atomic E-state index is 0.0575. The van der Waals surface area contributed by atoms with Crippen LogP contribution in [0, 0.1) is 0 Å². The summed E-state index contributed by atoms with van der Waals surface area (Å²) >= 11 is 6.21. The van der Waals surface area contributed by atoms with Gasteiger partial charge in [-0.15, -0.1) is 0 Å².